The summed E-state index contributed by atoms with van der Waals surface area (Å²) >= 11 is 0. The highest BCUT2D eigenvalue weighted by Crippen LogP contribution is 2.44. The molecular formula is C46H61N6O10S2+. The molecule has 6 rings (SSSR count). The second-order valence-corrected chi connectivity index (χ2v) is 21.2. The summed E-state index contributed by atoms with van der Waals surface area (Å²) in [6.07, 6.45) is 20.5. The average Bonchev–Trinajstić information content (AvgIpc) is 3.78. The molecule has 2 N–H and O–H groups in total. The lowest BCUT2D eigenvalue weighted by Crippen LogP contribution is -2.35. The standard InChI is InChI=1S/C46H60N6O10S2/c1-33-34(18-20-38-45(2,3)36-15-13-27-50(43(36)47-38)25-9-11-29-63(56,57)58)31-49(24-8-6-7-17-42(55)62-52-40(53)22-23-41(52)54)32-35(33)19-21-39-46(4,5)37-16-14-28-51(44(37)48-39)26-10-12-30-64(59,60)61/h13-16,18-21,27-28H,6-12,17,22-26,29-32H2,1-5H3,(H-,56,57,58,59,60,61)/p+1. The summed E-state index contributed by atoms with van der Waals surface area (Å²) in [6, 6.07) is 4.05. The van der Waals surface area contributed by atoms with E-state index in [0.717, 1.165) is 70.3 Å². The van der Waals surface area contributed by atoms with Crippen LogP contribution in [0.15, 0.2) is 99.0 Å². The molecule has 6 heterocycles. The molecule has 1 aromatic rings. The van der Waals surface area contributed by atoms with E-state index in [-0.39, 0.29) is 30.8 Å². The van der Waals surface area contributed by atoms with E-state index in [2.05, 4.69) is 76.0 Å². The molecule has 0 spiro atoms. The highest BCUT2D eigenvalue weighted by Gasteiger charge is 2.42. The van der Waals surface area contributed by atoms with Crippen LogP contribution in [0.1, 0.15) is 104 Å². The molecule has 346 valence electrons. The zero-order chi connectivity index (χ0) is 46.5. The fraction of sp³-hybridized carbons (Fsp3) is 0.522. The van der Waals surface area contributed by atoms with Gasteiger partial charge in [0, 0.05) is 56.1 Å². The van der Waals surface area contributed by atoms with Crippen LogP contribution in [0.3, 0.4) is 0 Å². The predicted octanol–water partition coefficient (Wildman–Crippen LogP) is 6.03. The van der Waals surface area contributed by atoms with Crippen LogP contribution >= 0.6 is 0 Å². The Kier molecular flexibility index (Phi) is 15.3. The molecule has 16 nitrogen and oxygen atoms in total. The molecule has 64 heavy (non-hydrogen) atoms. The van der Waals surface area contributed by atoms with Crippen molar-refractivity contribution >= 4 is 55.4 Å². The number of hydrogen-bond donors (Lipinski definition) is 2. The van der Waals surface area contributed by atoms with Gasteiger partial charge in [0.2, 0.25) is 0 Å². The van der Waals surface area contributed by atoms with Crippen molar-refractivity contribution in [3.05, 3.63) is 94.5 Å². The maximum absolute atomic E-state index is 12.4. The lowest BCUT2D eigenvalue weighted by molar-refractivity contribution is -0.684. The summed E-state index contributed by atoms with van der Waals surface area (Å²) in [5.41, 5.74) is 6.52. The van der Waals surface area contributed by atoms with Crippen molar-refractivity contribution in [1.82, 2.24) is 14.9 Å². The lowest BCUT2D eigenvalue weighted by atomic mass is 9.81. The first kappa shape index (κ1) is 48.6. The van der Waals surface area contributed by atoms with E-state index in [1.54, 1.807) is 0 Å². The highest BCUT2D eigenvalue weighted by atomic mass is 32.2. The number of amides is 2. The van der Waals surface area contributed by atoms with Crippen LogP contribution in [-0.2, 0) is 51.4 Å². The molecule has 0 bridgehead atoms. The van der Waals surface area contributed by atoms with Gasteiger partial charge in [-0.1, -0.05) is 38.5 Å². The van der Waals surface area contributed by atoms with Crippen molar-refractivity contribution in [2.75, 3.05) is 37.7 Å². The summed E-state index contributed by atoms with van der Waals surface area (Å²) in [5, 5.41) is 0.586. The van der Waals surface area contributed by atoms with Crippen LogP contribution in [0.4, 0.5) is 5.82 Å². The van der Waals surface area contributed by atoms with Crippen LogP contribution in [0.2, 0.25) is 0 Å². The van der Waals surface area contributed by atoms with Crippen LogP contribution in [-0.4, -0.2) is 108 Å². The summed E-state index contributed by atoms with van der Waals surface area (Å²) < 4.78 is 65.5. The second kappa shape index (κ2) is 20.1. The van der Waals surface area contributed by atoms with E-state index < -0.39 is 48.8 Å². The SMILES string of the molecule is CC1=C(/C=C/C2=Nc3c(ccc[n+]3CCCCS(=O)(=O)O)C2(C)C)CN(CCCCCC(=O)ON2C(=O)CCC2=O)C/C1=C\C=C1\N=C2C(=CC=CN2CCCCS(=O)(=O)O)C1(C)C. The molecule has 0 unspecified atom stereocenters. The number of nitrogens with zero attached hydrogens (tertiary/aromatic N) is 6. The van der Waals surface area contributed by atoms with E-state index in [1.807, 2.05) is 34.0 Å². The Bertz CT molecular complexity index is 2500. The van der Waals surface area contributed by atoms with Gasteiger partial charge in [-0.15, -0.1) is 5.06 Å². The van der Waals surface area contributed by atoms with Crippen LogP contribution < -0.4 is 4.57 Å². The predicted molar refractivity (Wildman–Crippen MR) is 243 cm³/mol. The van der Waals surface area contributed by atoms with E-state index in [0.29, 0.717) is 63.3 Å². The molecule has 0 saturated carbocycles. The van der Waals surface area contributed by atoms with Gasteiger partial charge >= 0.3 is 11.8 Å². The number of aromatic nitrogens is 1. The van der Waals surface area contributed by atoms with Gasteiger partial charge in [0.15, 0.2) is 5.71 Å². The molecule has 0 atom stereocenters. The van der Waals surface area contributed by atoms with E-state index in [9.17, 15) is 40.3 Å². The van der Waals surface area contributed by atoms with Gasteiger partial charge in [-0.2, -0.15) is 16.8 Å². The van der Waals surface area contributed by atoms with Gasteiger partial charge < -0.3 is 9.74 Å². The molecule has 0 aliphatic carbocycles. The Hall–Kier alpha value is -4.88. The Morgan fingerprint density at radius 1 is 0.859 bits per heavy atom. The number of aryl methyl sites for hydroxylation is 1. The molecule has 2 amide bonds. The summed E-state index contributed by atoms with van der Waals surface area (Å²) in [7, 11) is -8.05. The first-order chi connectivity index (χ1) is 30.1. The zero-order valence-corrected chi connectivity index (χ0v) is 39.1. The number of hydrogen-bond acceptors (Lipinski definition) is 12. The van der Waals surface area contributed by atoms with Crippen molar-refractivity contribution in [1.29, 1.82) is 0 Å². The third-order valence-corrected chi connectivity index (χ3v) is 14.1. The fourth-order valence-corrected chi connectivity index (χ4v) is 9.66. The Balaban J connectivity index is 1.21. The largest absolute Gasteiger partial charge is 0.333 e. The van der Waals surface area contributed by atoms with Crippen LogP contribution in [0.5, 0.6) is 0 Å². The molecule has 1 fully saturated rings. The third kappa shape index (κ3) is 12.1. The quantitative estimate of drug-likeness (QED) is 0.0665. The molecule has 5 aliphatic rings. The lowest BCUT2D eigenvalue weighted by Gasteiger charge is -2.31. The molecule has 1 saturated heterocycles. The van der Waals surface area contributed by atoms with Crippen LogP contribution in [0.25, 0.3) is 0 Å². The molecule has 18 heteroatoms. The van der Waals surface area contributed by atoms with Gasteiger partial charge in [0.25, 0.3) is 32.1 Å². The number of hydroxylamine groups is 2. The first-order valence-corrected chi connectivity index (χ1v) is 25.2. The minimum absolute atomic E-state index is 0.0499. The van der Waals surface area contributed by atoms with Gasteiger partial charge in [-0.05, 0) is 118 Å². The van der Waals surface area contributed by atoms with Gasteiger partial charge in [0.05, 0.1) is 40.9 Å². The number of carbonyl (C=O) groups excluding carboxylic acids is 3. The van der Waals surface area contributed by atoms with E-state index >= 15 is 0 Å². The van der Waals surface area contributed by atoms with E-state index in [1.165, 1.54) is 0 Å². The molecule has 5 aliphatic heterocycles. The number of allylic oxidation sites excluding steroid dienone is 6. The molecule has 0 radical (unpaired) electrons. The van der Waals surface area contributed by atoms with Crippen molar-refractivity contribution in [2.24, 2.45) is 15.4 Å². The Morgan fingerprint density at radius 3 is 2.25 bits per heavy atom. The van der Waals surface area contributed by atoms with Gasteiger partial charge in [-0.25, -0.2) is 14.4 Å². The van der Waals surface area contributed by atoms with Crippen molar-refractivity contribution in [2.45, 2.75) is 111 Å². The number of rotatable bonds is 20. The van der Waals surface area contributed by atoms with Gasteiger partial charge in [-0.3, -0.25) is 23.6 Å². The zero-order valence-electron chi connectivity index (χ0n) is 37.5. The monoisotopic (exact) mass is 921 g/mol. The number of imide groups is 1. The highest BCUT2D eigenvalue weighted by molar-refractivity contribution is 7.86. The number of unbranched alkanes of at least 4 members (excludes halogenated alkanes) is 4. The number of fused-ring (bicyclic) bond motifs is 2. The van der Waals surface area contributed by atoms with Gasteiger partial charge in [0.1, 0.15) is 5.84 Å². The Labute approximate surface area is 377 Å². The van der Waals surface area contributed by atoms with Crippen molar-refractivity contribution in [3.63, 3.8) is 0 Å². The smallest absolute Gasteiger partial charge is 0.333 e. The fourth-order valence-electron chi connectivity index (χ4n) is 8.52. The minimum atomic E-state index is -4.02. The molecule has 1 aromatic heterocycles. The topological polar surface area (TPSA) is 207 Å². The second-order valence-electron chi connectivity index (χ2n) is 18.0. The normalized spacial score (nSPS) is 21.0. The minimum Gasteiger partial charge on any atom is -0.333 e. The van der Waals surface area contributed by atoms with Crippen LogP contribution in [0, 0.1) is 5.41 Å². The number of aliphatic imine (C=N–C) groups is 2. The third-order valence-electron chi connectivity index (χ3n) is 12.5. The molecular weight excluding hydrogens is 861 g/mol. The maximum Gasteiger partial charge on any atom is 0.333 e. The summed E-state index contributed by atoms with van der Waals surface area (Å²) in [5.74, 6) is -0.504. The average molecular weight is 922 g/mol. The molecule has 0 aromatic carbocycles. The number of amidine groups is 1. The summed E-state index contributed by atoms with van der Waals surface area (Å²) in [4.78, 5) is 55.8. The van der Waals surface area contributed by atoms with Crippen molar-refractivity contribution < 1.29 is 49.7 Å². The van der Waals surface area contributed by atoms with E-state index in [4.69, 9.17) is 14.8 Å². The number of carbonyl (C=O) groups is 3. The van der Waals surface area contributed by atoms with Crippen molar-refractivity contribution in [3.8, 4) is 0 Å². The number of pyridine rings is 1. The summed E-state index contributed by atoms with van der Waals surface area (Å²) in [6.45, 7) is 13.9. The maximum atomic E-state index is 12.4. The Morgan fingerprint density at radius 2 is 1.55 bits per heavy atom. The first-order valence-electron chi connectivity index (χ1n) is 22.0.